The Morgan fingerprint density at radius 2 is 2.00 bits per heavy atom. The maximum absolute atomic E-state index is 2.46. The number of hydrogen-bond donors (Lipinski definition) is 0. The Morgan fingerprint density at radius 3 is 2.81 bits per heavy atom. The quantitative estimate of drug-likeness (QED) is 0.666. The summed E-state index contributed by atoms with van der Waals surface area (Å²) in [7, 11) is 0. The Bertz CT molecular complexity index is 558. The van der Waals surface area contributed by atoms with Gasteiger partial charge in [0.15, 0.2) is 0 Å². The van der Waals surface area contributed by atoms with Gasteiger partial charge in [0.25, 0.3) is 0 Å². The monoisotopic (exact) mass is 211 g/mol. The summed E-state index contributed by atoms with van der Waals surface area (Å²) in [5.74, 6) is 0. The van der Waals surface area contributed by atoms with Gasteiger partial charge in [0.2, 0.25) is 0 Å². The van der Waals surface area contributed by atoms with Gasteiger partial charge in [-0.25, -0.2) is 0 Å². The Balaban J connectivity index is 2.43. The highest BCUT2D eigenvalue weighted by atomic mass is 15.0. The van der Waals surface area contributed by atoms with Gasteiger partial charge in [-0.2, -0.15) is 0 Å². The lowest BCUT2D eigenvalue weighted by molar-refractivity contribution is 0.615. The van der Waals surface area contributed by atoms with E-state index in [0.29, 0.717) is 6.04 Å². The van der Waals surface area contributed by atoms with Gasteiger partial charge < -0.3 is 4.57 Å². The third-order valence-electron chi connectivity index (χ3n) is 3.41. The fraction of sp³-hybridized carbons (Fsp3) is 0.333. The average molecular weight is 211 g/mol. The van der Waals surface area contributed by atoms with Crippen molar-refractivity contribution in [1.82, 2.24) is 4.57 Å². The molecule has 1 aliphatic carbocycles. The summed E-state index contributed by atoms with van der Waals surface area (Å²) in [5.41, 5.74) is 4.34. The predicted molar refractivity (Wildman–Crippen MR) is 69.7 cm³/mol. The molecule has 1 nitrogen and oxygen atoms in total. The van der Waals surface area contributed by atoms with Crippen LogP contribution in [0.15, 0.2) is 30.3 Å². The molecule has 0 atom stereocenters. The number of fused-ring (bicyclic) bond motifs is 3. The summed E-state index contributed by atoms with van der Waals surface area (Å²) >= 11 is 0. The van der Waals surface area contributed by atoms with E-state index in [1.807, 2.05) is 0 Å². The van der Waals surface area contributed by atoms with Crippen LogP contribution in [0.2, 0.25) is 0 Å². The second kappa shape index (κ2) is 3.51. The van der Waals surface area contributed by atoms with E-state index in [0.717, 1.165) is 0 Å². The van der Waals surface area contributed by atoms with Crippen LogP contribution in [-0.2, 0) is 6.42 Å². The highest BCUT2D eigenvalue weighted by Gasteiger charge is 2.17. The van der Waals surface area contributed by atoms with Crippen molar-refractivity contribution in [1.29, 1.82) is 0 Å². The van der Waals surface area contributed by atoms with E-state index >= 15 is 0 Å². The van der Waals surface area contributed by atoms with Crippen LogP contribution in [-0.4, -0.2) is 4.57 Å². The standard InChI is InChI=1S/C15H17N/c1-11(2)16-14-9-5-3-7-12(14)13-8-4-6-10-15(13)16/h3,5-7,9-11H,4,8H2,1-2H3. The van der Waals surface area contributed by atoms with Crippen LogP contribution < -0.4 is 0 Å². The zero-order chi connectivity index (χ0) is 11.1. The lowest BCUT2D eigenvalue weighted by Gasteiger charge is -2.14. The minimum absolute atomic E-state index is 0.524. The van der Waals surface area contributed by atoms with E-state index in [2.05, 4.69) is 54.8 Å². The van der Waals surface area contributed by atoms with Crippen molar-refractivity contribution >= 4 is 17.0 Å². The predicted octanol–water partition coefficient (Wildman–Crippen LogP) is 4.18. The molecule has 0 radical (unpaired) electrons. The molecule has 1 aromatic heterocycles. The van der Waals surface area contributed by atoms with Gasteiger partial charge in [-0.05, 0) is 44.4 Å². The molecule has 1 heteroatoms. The lowest BCUT2D eigenvalue weighted by Crippen LogP contribution is -2.04. The summed E-state index contributed by atoms with van der Waals surface area (Å²) in [4.78, 5) is 0. The van der Waals surface area contributed by atoms with Crippen molar-refractivity contribution in [3.05, 3.63) is 41.6 Å². The fourth-order valence-corrected chi connectivity index (χ4v) is 2.77. The third kappa shape index (κ3) is 1.24. The van der Waals surface area contributed by atoms with E-state index in [1.165, 1.54) is 35.0 Å². The van der Waals surface area contributed by atoms with Crippen LogP contribution in [0.3, 0.4) is 0 Å². The summed E-state index contributed by atoms with van der Waals surface area (Å²) in [5, 5.41) is 1.44. The number of aromatic nitrogens is 1. The van der Waals surface area contributed by atoms with E-state index in [9.17, 15) is 0 Å². The molecule has 0 aliphatic heterocycles. The number of benzene rings is 1. The van der Waals surface area contributed by atoms with Crippen molar-refractivity contribution in [3.63, 3.8) is 0 Å². The molecule has 0 saturated heterocycles. The Hall–Kier alpha value is -1.50. The van der Waals surface area contributed by atoms with Crippen molar-refractivity contribution in [2.75, 3.05) is 0 Å². The highest BCUT2D eigenvalue weighted by Crippen LogP contribution is 2.33. The molecule has 0 bridgehead atoms. The van der Waals surface area contributed by atoms with Crippen LogP contribution in [0.25, 0.3) is 17.0 Å². The summed E-state index contributed by atoms with van der Waals surface area (Å²) in [6.45, 7) is 4.52. The summed E-state index contributed by atoms with van der Waals surface area (Å²) < 4.78 is 2.46. The largest absolute Gasteiger partial charge is 0.338 e. The van der Waals surface area contributed by atoms with Crippen molar-refractivity contribution in [3.8, 4) is 0 Å². The minimum atomic E-state index is 0.524. The number of nitrogens with zero attached hydrogens (tertiary/aromatic N) is 1. The number of hydrogen-bond acceptors (Lipinski definition) is 0. The first-order chi connectivity index (χ1) is 7.79. The van der Waals surface area contributed by atoms with E-state index in [4.69, 9.17) is 0 Å². The molecule has 0 unspecified atom stereocenters. The zero-order valence-electron chi connectivity index (χ0n) is 9.90. The van der Waals surface area contributed by atoms with Crippen molar-refractivity contribution < 1.29 is 0 Å². The van der Waals surface area contributed by atoms with Gasteiger partial charge in [0.05, 0.1) is 0 Å². The molecule has 1 aliphatic rings. The van der Waals surface area contributed by atoms with Crippen molar-refractivity contribution in [2.45, 2.75) is 32.7 Å². The molecule has 16 heavy (non-hydrogen) atoms. The van der Waals surface area contributed by atoms with Gasteiger partial charge in [-0.3, -0.25) is 0 Å². The van der Waals surface area contributed by atoms with Crippen molar-refractivity contribution in [2.24, 2.45) is 0 Å². The van der Waals surface area contributed by atoms with Crippen LogP contribution in [0.1, 0.15) is 37.6 Å². The highest BCUT2D eigenvalue weighted by molar-refractivity contribution is 5.89. The molecule has 0 N–H and O–H groups in total. The molecule has 0 saturated carbocycles. The van der Waals surface area contributed by atoms with Gasteiger partial charge in [0.1, 0.15) is 0 Å². The summed E-state index contributed by atoms with van der Waals surface area (Å²) in [6, 6.07) is 9.30. The second-order valence-electron chi connectivity index (χ2n) is 4.79. The molecule has 3 rings (SSSR count). The molecular formula is C15H17N. The van der Waals surface area contributed by atoms with Gasteiger partial charge in [-0.15, -0.1) is 0 Å². The molecule has 0 spiro atoms. The Kier molecular flexibility index (Phi) is 2.13. The fourth-order valence-electron chi connectivity index (χ4n) is 2.77. The number of rotatable bonds is 1. The topological polar surface area (TPSA) is 4.93 Å². The van der Waals surface area contributed by atoms with Gasteiger partial charge in [-0.1, -0.05) is 24.3 Å². The first-order valence-corrected chi connectivity index (χ1v) is 6.07. The molecule has 1 aromatic carbocycles. The van der Waals surface area contributed by atoms with Crippen LogP contribution in [0.4, 0.5) is 0 Å². The van der Waals surface area contributed by atoms with E-state index in [-0.39, 0.29) is 0 Å². The van der Waals surface area contributed by atoms with Crippen LogP contribution >= 0.6 is 0 Å². The summed E-state index contributed by atoms with van der Waals surface area (Å²) in [6.07, 6.45) is 6.95. The van der Waals surface area contributed by atoms with Gasteiger partial charge in [0, 0.05) is 22.6 Å². The molecule has 0 fully saturated rings. The maximum atomic E-state index is 2.46. The molecular weight excluding hydrogens is 194 g/mol. The molecule has 1 heterocycles. The molecule has 0 amide bonds. The van der Waals surface area contributed by atoms with Gasteiger partial charge >= 0.3 is 0 Å². The first kappa shape index (κ1) is 9.71. The average Bonchev–Trinajstić information content (AvgIpc) is 2.63. The number of aryl methyl sites for hydroxylation is 1. The number of allylic oxidation sites excluding steroid dienone is 1. The van der Waals surface area contributed by atoms with E-state index < -0.39 is 0 Å². The smallest absolute Gasteiger partial charge is 0.0490 e. The third-order valence-corrected chi connectivity index (χ3v) is 3.41. The van der Waals surface area contributed by atoms with Crippen LogP contribution in [0.5, 0.6) is 0 Å². The normalized spacial score (nSPS) is 14.7. The van der Waals surface area contributed by atoms with Crippen LogP contribution in [0, 0.1) is 0 Å². The SMILES string of the molecule is CC(C)n1c2c(c3ccccc31)CCC=C2. The lowest BCUT2D eigenvalue weighted by atomic mass is 10.0. The molecule has 2 aromatic rings. The Morgan fingerprint density at radius 1 is 1.19 bits per heavy atom. The zero-order valence-corrected chi connectivity index (χ0v) is 9.90. The minimum Gasteiger partial charge on any atom is -0.338 e. The maximum Gasteiger partial charge on any atom is 0.0490 e. The second-order valence-corrected chi connectivity index (χ2v) is 4.79. The molecule has 82 valence electrons. The number of para-hydroxylation sites is 1. The first-order valence-electron chi connectivity index (χ1n) is 6.07. The van der Waals surface area contributed by atoms with E-state index in [1.54, 1.807) is 0 Å². The Labute approximate surface area is 96.4 Å².